The Hall–Kier alpha value is -3.88. The molecule has 206 valence electrons. The first-order chi connectivity index (χ1) is 19.0. The van der Waals surface area contributed by atoms with Gasteiger partial charge in [0.15, 0.2) is 0 Å². The molecule has 15 heteroatoms. The number of allylic oxidation sites excluding steroid dienone is 4. The summed E-state index contributed by atoms with van der Waals surface area (Å²) >= 11 is 7.24. The van der Waals surface area contributed by atoms with E-state index in [2.05, 4.69) is 25.1 Å². The number of aromatic nitrogens is 4. The Balaban J connectivity index is 1.54. The summed E-state index contributed by atoms with van der Waals surface area (Å²) in [4.78, 5) is -0.613. The lowest BCUT2D eigenvalue weighted by atomic mass is 9.95. The Bertz CT molecular complexity index is 1710. The smallest absolute Gasteiger partial charge is 0.417 e. The molecule has 0 bridgehead atoms. The Morgan fingerprint density at radius 1 is 1.02 bits per heavy atom. The third-order valence-corrected chi connectivity index (χ3v) is 8.26. The summed E-state index contributed by atoms with van der Waals surface area (Å²) in [7, 11) is -4.33. The maximum Gasteiger partial charge on any atom is 0.417 e. The molecule has 0 fully saturated rings. The fourth-order valence-corrected chi connectivity index (χ4v) is 6.15. The Morgan fingerprint density at radius 3 is 2.52 bits per heavy atom. The van der Waals surface area contributed by atoms with Gasteiger partial charge in [-0.2, -0.15) is 23.4 Å². The standard InChI is InChI=1S/C25H16ClF4N5O3S2/c26-19-10-23(40(36,37)35-24-34-33-13-39-24)20(27)11-22(19)38-21-6-5-14(9-17(21)15-7-8-31-32-12-15)16-3-1-2-4-18(16)25(28,29)30/h1-10,12-13,20H,11H2,(H,34,35). The minimum Gasteiger partial charge on any atom is -0.459 e. The number of rotatable bonds is 7. The Morgan fingerprint density at radius 2 is 1.82 bits per heavy atom. The second-order valence-electron chi connectivity index (χ2n) is 8.33. The van der Waals surface area contributed by atoms with Gasteiger partial charge in [-0.1, -0.05) is 47.2 Å². The van der Waals surface area contributed by atoms with Crippen LogP contribution in [0.15, 0.2) is 88.2 Å². The summed E-state index contributed by atoms with van der Waals surface area (Å²) < 4.78 is 89.7. The van der Waals surface area contributed by atoms with Gasteiger partial charge in [0.05, 0.1) is 23.0 Å². The van der Waals surface area contributed by atoms with E-state index in [9.17, 15) is 21.6 Å². The number of hydrogen-bond donors (Lipinski definition) is 1. The number of nitrogens with one attached hydrogen (secondary N) is 1. The second kappa shape index (κ2) is 10.9. The third kappa shape index (κ3) is 5.83. The van der Waals surface area contributed by atoms with Crippen molar-refractivity contribution in [3.05, 3.63) is 93.8 Å². The summed E-state index contributed by atoms with van der Waals surface area (Å²) in [5.41, 5.74) is 1.47. The average molecular weight is 610 g/mol. The fourth-order valence-electron chi connectivity index (χ4n) is 3.96. The van der Waals surface area contributed by atoms with Crippen molar-refractivity contribution < 1.29 is 30.7 Å². The fraction of sp³-hybridized carbons (Fsp3) is 0.120. The zero-order chi connectivity index (χ0) is 28.5. The third-order valence-electron chi connectivity index (χ3n) is 5.75. The van der Waals surface area contributed by atoms with Crippen LogP contribution in [0.4, 0.5) is 22.7 Å². The number of nitrogens with zero attached hydrogens (tertiary/aromatic N) is 4. The first kappa shape index (κ1) is 27.7. The Kier molecular flexibility index (Phi) is 7.57. The van der Waals surface area contributed by atoms with Crippen LogP contribution in [0.2, 0.25) is 0 Å². The van der Waals surface area contributed by atoms with Gasteiger partial charge < -0.3 is 4.74 Å². The molecule has 4 aromatic rings. The van der Waals surface area contributed by atoms with Crippen LogP contribution in [-0.4, -0.2) is 35.0 Å². The number of ether oxygens (including phenoxy) is 1. The van der Waals surface area contributed by atoms with Crippen molar-refractivity contribution in [1.29, 1.82) is 0 Å². The summed E-state index contributed by atoms with van der Waals surface area (Å²) in [5.74, 6) is 0.0593. The Labute approximate surface area is 234 Å². The van der Waals surface area contributed by atoms with E-state index >= 15 is 4.39 Å². The van der Waals surface area contributed by atoms with Crippen LogP contribution in [0, 0.1) is 0 Å². The van der Waals surface area contributed by atoms with Crippen molar-refractivity contribution in [3.8, 4) is 28.0 Å². The largest absolute Gasteiger partial charge is 0.459 e. The molecule has 1 atom stereocenters. The van der Waals surface area contributed by atoms with E-state index in [1.807, 2.05) is 0 Å². The molecule has 1 N–H and O–H groups in total. The molecule has 0 radical (unpaired) electrons. The summed E-state index contributed by atoms with van der Waals surface area (Å²) in [6.07, 6.45) is -3.39. The zero-order valence-corrected chi connectivity index (χ0v) is 22.3. The topological polar surface area (TPSA) is 107 Å². The highest BCUT2D eigenvalue weighted by molar-refractivity contribution is 7.96. The number of alkyl halides is 4. The van der Waals surface area contributed by atoms with Gasteiger partial charge in [0.25, 0.3) is 10.0 Å². The molecule has 0 saturated carbocycles. The molecule has 0 saturated heterocycles. The minimum atomic E-state index is -4.59. The monoisotopic (exact) mass is 609 g/mol. The summed E-state index contributed by atoms with van der Waals surface area (Å²) in [6, 6.07) is 11.0. The van der Waals surface area contributed by atoms with Crippen molar-refractivity contribution in [2.45, 2.75) is 18.8 Å². The highest BCUT2D eigenvalue weighted by atomic mass is 35.5. The van der Waals surface area contributed by atoms with Crippen LogP contribution in [0.1, 0.15) is 12.0 Å². The average Bonchev–Trinajstić information content (AvgIpc) is 3.43. The molecule has 2 aromatic carbocycles. The van der Waals surface area contributed by atoms with Crippen LogP contribution in [0.25, 0.3) is 22.3 Å². The van der Waals surface area contributed by atoms with Crippen molar-refractivity contribution in [1.82, 2.24) is 20.4 Å². The molecule has 5 rings (SSSR count). The van der Waals surface area contributed by atoms with Gasteiger partial charge in [0, 0.05) is 17.5 Å². The van der Waals surface area contributed by atoms with Gasteiger partial charge in [-0.25, -0.2) is 12.8 Å². The highest BCUT2D eigenvalue weighted by Gasteiger charge is 2.35. The van der Waals surface area contributed by atoms with Crippen LogP contribution in [0.3, 0.4) is 0 Å². The van der Waals surface area contributed by atoms with Crippen LogP contribution < -0.4 is 9.46 Å². The van der Waals surface area contributed by atoms with Gasteiger partial charge >= 0.3 is 6.18 Å². The SMILES string of the molecule is O=S(=O)(Nc1nncs1)C1=CC(Cl)=C(Oc2ccc(-c3ccccc3C(F)(F)F)cc2-c2ccnnc2)CC1F. The summed E-state index contributed by atoms with van der Waals surface area (Å²) in [6.45, 7) is 0. The molecule has 0 aliphatic heterocycles. The molecular formula is C25H16ClF4N5O3S2. The van der Waals surface area contributed by atoms with Crippen molar-refractivity contribution in [2.75, 3.05) is 4.72 Å². The van der Waals surface area contributed by atoms with E-state index in [1.165, 1.54) is 54.3 Å². The van der Waals surface area contributed by atoms with Gasteiger partial charge in [-0.3, -0.25) is 4.72 Å². The molecule has 0 amide bonds. The van der Waals surface area contributed by atoms with Crippen LogP contribution in [-0.2, 0) is 16.2 Å². The van der Waals surface area contributed by atoms with E-state index in [-0.39, 0.29) is 32.8 Å². The first-order valence-electron chi connectivity index (χ1n) is 11.3. The number of hydrogen-bond acceptors (Lipinski definition) is 8. The van der Waals surface area contributed by atoms with Crippen LogP contribution in [0.5, 0.6) is 5.75 Å². The molecule has 1 unspecified atom stereocenters. The van der Waals surface area contributed by atoms with E-state index in [0.717, 1.165) is 23.5 Å². The summed E-state index contributed by atoms with van der Waals surface area (Å²) in [5, 5.41) is 14.5. The van der Waals surface area contributed by atoms with Crippen molar-refractivity contribution in [2.24, 2.45) is 0 Å². The molecule has 2 heterocycles. The van der Waals surface area contributed by atoms with Gasteiger partial charge in [-0.15, -0.1) is 10.2 Å². The molecule has 8 nitrogen and oxygen atoms in total. The maximum atomic E-state index is 15.1. The lowest BCUT2D eigenvalue weighted by molar-refractivity contribution is -0.137. The first-order valence-corrected chi connectivity index (χ1v) is 14.1. The number of benzene rings is 2. The predicted molar refractivity (Wildman–Crippen MR) is 141 cm³/mol. The number of sulfonamides is 1. The van der Waals surface area contributed by atoms with Crippen molar-refractivity contribution >= 4 is 38.1 Å². The molecular weight excluding hydrogens is 594 g/mol. The van der Waals surface area contributed by atoms with E-state index < -0.39 is 39.3 Å². The van der Waals surface area contributed by atoms with E-state index in [4.69, 9.17) is 16.3 Å². The van der Waals surface area contributed by atoms with Crippen LogP contribution >= 0.6 is 22.9 Å². The molecule has 2 aromatic heterocycles. The van der Waals surface area contributed by atoms with E-state index in [0.29, 0.717) is 11.1 Å². The number of anilines is 1. The normalized spacial score (nSPS) is 16.0. The lowest BCUT2D eigenvalue weighted by Gasteiger charge is -2.22. The molecule has 0 spiro atoms. The number of halogens is 5. The lowest BCUT2D eigenvalue weighted by Crippen LogP contribution is -2.25. The second-order valence-corrected chi connectivity index (χ2v) is 11.2. The molecule has 40 heavy (non-hydrogen) atoms. The van der Waals surface area contributed by atoms with Gasteiger partial charge in [0.1, 0.15) is 28.1 Å². The van der Waals surface area contributed by atoms with Gasteiger partial charge in [0.2, 0.25) is 5.13 Å². The van der Waals surface area contributed by atoms with E-state index in [1.54, 1.807) is 6.07 Å². The maximum absolute atomic E-state index is 15.1. The highest BCUT2D eigenvalue weighted by Crippen LogP contribution is 2.42. The molecule has 1 aliphatic rings. The zero-order valence-electron chi connectivity index (χ0n) is 19.9. The molecule has 1 aliphatic carbocycles. The quantitative estimate of drug-likeness (QED) is 0.236. The predicted octanol–water partition coefficient (Wildman–Crippen LogP) is 6.58. The minimum absolute atomic E-state index is 0.0435. The van der Waals surface area contributed by atoms with Crippen molar-refractivity contribution in [3.63, 3.8) is 0 Å². The van der Waals surface area contributed by atoms with Gasteiger partial charge in [-0.05, 0) is 41.5 Å².